The van der Waals surface area contributed by atoms with Gasteiger partial charge in [-0.1, -0.05) is 18.2 Å². The first-order valence-electron chi connectivity index (χ1n) is 7.59. The second kappa shape index (κ2) is 5.44. The van der Waals surface area contributed by atoms with Crippen LogP contribution in [0.5, 0.6) is 0 Å². The molecular weight excluding hydrogens is 264 g/mol. The number of ether oxygens (including phenoxy) is 1. The maximum Gasteiger partial charge on any atom is 0.134 e. The van der Waals surface area contributed by atoms with Gasteiger partial charge in [-0.25, -0.2) is 0 Å². The highest BCUT2D eigenvalue weighted by Crippen LogP contribution is 2.31. The maximum atomic E-state index is 6.05. The Labute approximate surface area is 125 Å². The number of furan rings is 1. The molecule has 4 nitrogen and oxygen atoms in total. The molecular formula is C17H24N2O2. The predicted molar refractivity (Wildman–Crippen MR) is 84.2 cm³/mol. The van der Waals surface area contributed by atoms with Gasteiger partial charge in [-0.05, 0) is 32.9 Å². The Morgan fingerprint density at radius 2 is 2.14 bits per heavy atom. The van der Waals surface area contributed by atoms with Gasteiger partial charge in [0.05, 0.1) is 17.7 Å². The number of rotatable bonds is 3. The SMILES string of the molecule is CC1CN(C(CN)c2cc3ccccc3o2)CC(C)(C)O1. The second-order valence-electron chi connectivity index (χ2n) is 6.56. The van der Waals surface area contributed by atoms with Crippen molar-refractivity contribution in [3.63, 3.8) is 0 Å². The van der Waals surface area contributed by atoms with Crippen molar-refractivity contribution in [3.05, 3.63) is 36.1 Å². The fourth-order valence-electron chi connectivity index (χ4n) is 3.35. The standard InChI is InChI=1S/C17H24N2O2/c1-12-10-19(11-17(2,3)21-12)14(9-18)16-8-13-6-4-5-7-15(13)20-16/h4-8,12,14H,9-11,18H2,1-3H3. The molecule has 1 aliphatic rings. The molecule has 0 bridgehead atoms. The van der Waals surface area contributed by atoms with Crippen molar-refractivity contribution in [2.24, 2.45) is 5.73 Å². The molecule has 2 atom stereocenters. The number of morpholine rings is 1. The molecule has 1 saturated heterocycles. The lowest BCUT2D eigenvalue weighted by Gasteiger charge is -2.44. The molecule has 4 heteroatoms. The van der Waals surface area contributed by atoms with Gasteiger partial charge in [-0.2, -0.15) is 0 Å². The third kappa shape index (κ3) is 2.98. The topological polar surface area (TPSA) is 51.6 Å². The van der Waals surface area contributed by atoms with Gasteiger partial charge in [0.1, 0.15) is 11.3 Å². The van der Waals surface area contributed by atoms with E-state index in [1.807, 2.05) is 18.2 Å². The smallest absolute Gasteiger partial charge is 0.134 e. The fraction of sp³-hybridized carbons (Fsp3) is 0.529. The molecule has 114 valence electrons. The average Bonchev–Trinajstić information content (AvgIpc) is 2.80. The molecule has 1 fully saturated rings. The second-order valence-corrected chi connectivity index (χ2v) is 6.56. The first kappa shape index (κ1) is 14.6. The molecule has 2 heterocycles. The van der Waals surface area contributed by atoms with Gasteiger partial charge in [0.25, 0.3) is 0 Å². The van der Waals surface area contributed by atoms with E-state index < -0.39 is 0 Å². The molecule has 0 amide bonds. The third-order valence-corrected chi connectivity index (χ3v) is 4.03. The van der Waals surface area contributed by atoms with E-state index in [9.17, 15) is 0 Å². The van der Waals surface area contributed by atoms with Crippen LogP contribution < -0.4 is 5.73 Å². The molecule has 21 heavy (non-hydrogen) atoms. The van der Waals surface area contributed by atoms with Gasteiger partial charge in [-0.15, -0.1) is 0 Å². The van der Waals surface area contributed by atoms with Crippen LogP contribution in [-0.2, 0) is 4.74 Å². The summed E-state index contributed by atoms with van der Waals surface area (Å²) in [7, 11) is 0. The van der Waals surface area contributed by atoms with Crippen LogP contribution in [0, 0.1) is 0 Å². The van der Waals surface area contributed by atoms with Crippen LogP contribution >= 0.6 is 0 Å². The minimum absolute atomic E-state index is 0.100. The molecule has 1 aliphatic heterocycles. The summed E-state index contributed by atoms with van der Waals surface area (Å²) < 4.78 is 12.0. The molecule has 1 aromatic carbocycles. The molecule has 3 rings (SSSR count). The molecule has 0 spiro atoms. The summed E-state index contributed by atoms with van der Waals surface area (Å²) in [6.07, 6.45) is 0.201. The number of nitrogens with zero attached hydrogens (tertiary/aromatic N) is 1. The zero-order valence-corrected chi connectivity index (χ0v) is 13.0. The lowest BCUT2D eigenvalue weighted by molar-refractivity contribution is -0.139. The third-order valence-electron chi connectivity index (χ3n) is 4.03. The Morgan fingerprint density at radius 3 is 2.81 bits per heavy atom. The zero-order valence-electron chi connectivity index (χ0n) is 13.0. The van der Waals surface area contributed by atoms with Crippen LogP contribution in [0.1, 0.15) is 32.6 Å². The normalized spacial score (nSPS) is 24.3. The van der Waals surface area contributed by atoms with Crippen molar-refractivity contribution in [2.75, 3.05) is 19.6 Å². The van der Waals surface area contributed by atoms with Gasteiger partial charge >= 0.3 is 0 Å². The first-order valence-corrected chi connectivity index (χ1v) is 7.59. The highest BCUT2D eigenvalue weighted by molar-refractivity contribution is 5.77. The molecule has 0 aliphatic carbocycles. The number of fused-ring (bicyclic) bond motifs is 1. The van der Waals surface area contributed by atoms with Crippen LogP contribution in [0.25, 0.3) is 11.0 Å². The van der Waals surface area contributed by atoms with Crippen molar-refractivity contribution in [3.8, 4) is 0 Å². The van der Waals surface area contributed by atoms with Crippen LogP contribution in [0.15, 0.2) is 34.7 Å². The van der Waals surface area contributed by atoms with Gasteiger partial charge in [0, 0.05) is 25.0 Å². The van der Waals surface area contributed by atoms with Gasteiger partial charge in [-0.3, -0.25) is 4.90 Å². The number of hydrogen-bond acceptors (Lipinski definition) is 4. The number of hydrogen-bond donors (Lipinski definition) is 1. The molecule has 0 saturated carbocycles. The van der Waals surface area contributed by atoms with E-state index in [1.165, 1.54) is 0 Å². The summed E-state index contributed by atoms with van der Waals surface area (Å²) in [5.74, 6) is 0.948. The van der Waals surface area contributed by atoms with Gasteiger partial charge in [0.2, 0.25) is 0 Å². The van der Waals surface area contributed by atoms with Gasteiger partial charge < -0.3 is 14.9 Å². The van der Waals surface area contributed by atoms with E-state index in [4.69, 9.17) is 14.9 Å². The number of benzene rings is 1. The Hall–Kier alpha value is -1.36. The summed E-state index contributed by atoms with van der Waals surface area (Å²) >= 11 is 0. The van der Waals surface area contributed by atoms with E-state index >= 15 is 0 Å². The van der Waals surface area contributed by atoms with Crippen molar-refractivity contribution in [1.82, 2.24) is 4.90 Å². The Kier molecular flexibility index (Phi) is 3.78. The predicted octanol–water partition coefficient (Wildman–Crippen LogP) is 2.93. The van der Waals surface area contributed by atoms with Crippen molar-refractivity contribution in [1.29, 1.82) is 0 Å². The van der Waals surface area contributed by atoms with Gasteiger partial charge in [0.15, 0.2) is 0 Å². The highest BCUT2D eigenvalue weighted by atomic mass is 16.5. The van der Waals surface area contributed by atoms with Crippen LogP contribution in [0.3, 0.4) is 0 Å². The molecule has 0 radical (unpaired) electrons. The monoisotopic (exact) mass is 288 g/mol. The Morgan fingerprint density at radius 1 is 1.38 bits per heavy atom. The first-order chi connectivity index (χ1) is 9.98. The Bertz CT molecular complexity index is 587. The van der Waals surface area contributed by atoms with Crippen molar-refractivity contribution >= 4 is 11.0 Å². The minimum atomic E-state index is -0.156. The quantitative estimate of drug-likeness (QED) is 0.943. The summed E-state index contributed by atoms with van der Waals surface area (Å²) in [5.41, 5.74) is 6.82. The molecule has 2 N–H and O–H groups in total. The molecule has 2 unspecified atom stereocenters. The average molecular weight is 288 g/mol. The van der Waals surface area contributed by atoms with Crippen LogP contribution in [0.4, 0.5) is 0 Å². The van der Waals surface area contributed by atoms with Crippen LogP contribution in [0.2, 0.25) is 0 Å². The summed E-state index contributed by atoms with van der Waals surface area (Å²) in [5, 5.41) is 1.13. The summed E-state index contributed by atoms with van der Waals surface area (Å²) in [6.45, 7) is 8.64. The van der Waals surface area contributed by atoms with E-state index in [2.05, 4.69) is 37.8 Å². The number of para-hydroxylation sites is 1. The van der Waals surface area contributed by atoms with E-state index in [0.717, 1.165) is 29.8 Å². The maximum absolute atomic E-state index is 6.05. The van der Waals surface area contributed by atoms with E-state index in [-0.39, 0.29) is 17.7 Å². The lowest BCUT2D eigenvalue weighted by atomic mass is 10.0. The largest absolute Gasteiger partial charge is 0.459 e. The zero-order chi connectivity index (χ0) is 15.0. The van der Waals surface area contributed by atoms with E-state index in [0.29, 0.717) is 6.54 Å². The highest BCUT2D eigenvalue weighted by Gasteiger charge is 2.35. The lowest BCUT2D eigenvalue weighted by Crippen LogP contribution is -2.53. The minimum Gasteiger partial charge on any atom is -0.459 e. The Balaban J connectivity index is 1.90. The molecule has 1 aromatic heterocycles. The molecule has 2 aromatic rings. The van der Waals surface area contributed by atoms with E-state index in [1.54, 1.807) is 0 Å². The fourth-order valence-corrected chi connectivity index (χ4v) is 3.35. The summed E-state index contributed by atoms with van der Waals surface area (Å²) in [4.78, 5) is 2.38. The van der Waals surface area contributed by atoms with Crippen LogP contribution in [-0.4, -0.2) is 36.2 Å². The number of nitrogens with two attached hydrogens (primary N) is 1. The van der Waals surface area contributed by atoms with Crippen molar-refractivity contribution < 1.29 is 9.15 Å². The summed E-state index contributed by atoms with van der Waals surface area (Å²) in [6, 6.07) is 10.3. The van der Waals surface area contributed by atoms with Crippen molar-refractivity contribution in [2.45, 2.75) is 38.5 Å².